The van der Waals surface area contributed by atoms with Crippen molar-refractivity contribution in [2.45, 2.75) is 13.0 Å². The number of ether oxygens (including phenoxy) is 1. The topological polar surface area (TPSA) is 96.7 Å². The SMILES string of the molecule is C[C@@H](NC(N)=O)C(=O)Nc1ccc(N2CCOCC2)cc1. The van der Waals surface area contributed by atoms with Gasteiger partial charge in [0.15, 0.2) is 0 Å². The maximum absolute atomic E-state index is 11.8. The second-order valence-corrected chi connectivity index (χ2v) is 4.87. The molecule has 1 fully saturated rings. The second kappa shape index (κ2) is 6.94. The summed E-state index contributed by atoms with van der Waals surface area (Å²) >= 11 is 0. The first kappa shape index (κ1) is 15.1. The Morgan fingerprint density at radius 2 is 1.86 bits per heavy atom. The van der Waals surface area contributed by atoms with Crippen molar-refractivity contribution in [1.29, 1.82) is 0 Å². The molecule has 0 saturated carbocycles. The average Bonchev–Trinajstić information content (AvgIpc) is 2.48. The monoisotopic (exact) mass is 292 g/mol. The summed E-state index contributed by atoms with van der Waals surface area (Å²) in [5.41, 5.74) is 6.75. The van der Waals surface area contributed by atoms with Crippen LogP contribution in [0, 0.1) is 0 Å². The molecule has 4 N–H and O–H groups in total. The van der Waals surface area contributed by atoms with Gasteiger partial charge in [0.1, 0.15) is 6.04 Å². The maximum atomic E-state index is 11.8. The predicted molar refractivity (Wildman–Crippen MR) is 80.3 cm³/mol. The third-order valence-electron chi connectivity index (χ3n) is 3.26. The third-order valence-corrected chi connectivity index (χ3v) is 3.26. The van der Waals surface area contributed by atoms with Crippen LogP contribution in [0.1, 0.15) is 6.92 Å². The minimum absolute atomic E-state index is 0.312. The van der Waals surface area contributed by atoms with Crippen LogP contribution < -0.4 is 21.3 Å². The normalized spacial score (nSPS) is 16.1. The summed E-state index contributed by atoms with van der Waals surface area (Å²) in [4.78, 5) is 24.8. The highest BCUT2D eigenvalue weighted by molar-refractivity contribution is 5.96. The number of carbonyl (C=O) groups excluding carboxylic acids is 2. The van der Waals surface area contributed by atoms with Crippen molar-refractivity contribution in [2.75, 3.05) is 36.5 Å². The minimum Gasteiger partial charge on any atom is -0.378 e. The van der Waals surface area contributed by atoms with E-state index in [2.05, 4.69) is 15.5 Å². The standard InChI is InChI=1S/C14H20N4O3/c1-10(16-14(15)20)13(19)17-11-2-4-12(5-3-11)18-6-8-21-9-7-18/h2-5,10H,6-9H2,1H3,(H,17,19)(H3,15,16,20)/t10-/m1/s1. The highest BCUT2D eigenvalue weighted by atomic mass is 16.5. The van der Waals surface area contributed by atoms with E-state index in [1.165, 1.54) is 0 Å². The van der Waals surface area contributed by atoms with E-state index in [0.717, 1.165) is 32.0 Å². The van der Waals surface area contributed by atoms with Crippen molar-refractivity contribution < 1.29 is 14.3 Å². The van der Waals surface area contributed by atoms with Gasteiger partial charge in [-0.15, -0.1) is 0 Å². The maximum Gasteiger partial charge on any atom is 0.312 e. The van der Waals surface area contributed by atoms with Gasteiger partial charge in [0, 0.05) is 24.5 Å². The number of carbonyl (C=O) groups is 2. The molecule has 1 aliphatic heterocycles. The quantitative estimate of drug-likeness (QED) is 0.753. The van der Waals surface area contributed by atoms with Gasteiger partial charge in [0.2, 0.25) is 5.91 Å². The predicted octanol–water partition coefficient (Wildman–Crippen LogP) is 0.518. The molecule has 0 radical (unpaired) electrons. The van der Waals surface area contributed by atoms with Crippen molar-refractivity contribution in [3.05, 3.63) is 24.3 Å². The number of anilines is 2. The molecular formula is C14H20N4O3. The van der Waals surface area contributed by atoms with Crippen LogP contribution in [0.3, 0.4) is 0 Å². The fourth-order valence-corrected chi connectivity index (χ4v) is 2.11. The molecule has 0 aromatic heterocycles. The number of hydrogen-bond acceptors (Lipinski definition) is 4. The van der Waals surface area contributed by atoms with Gasteiger partial charge in [-0.3, -0.25) is 4.79 Å². The van der Waals surface area contributed by atoms with Crippen LogP contribution in [0.2, 0.25) is 0 Å². The van der Waals surface area contributed by atoms with E-state index in [1.54, 1.807) is 6.92 Å². The van der Waals surface area contributed by atoms with Gasteiger partial charge in [0.25, 0.3) is 0 Å². The summed E-state index contributed by atoms with van der Waals surface area (Å²) in [6.07, 6.45) is 0. The van der Waals surface area contributed by atoms with Crippen molar-refractivity contribution in [1.82, 2.24) is 5.32 Å². The highest BCUT2D eigenvalue weighted by Gasteiger charge is 2.15. The Labute approximate surface area is 123 Å². The van der Waals surface area contributed by atoms with Crippen LogP contribution in [-0.4, -0.2) is 44.3 Å². The lowest BCUT2D eigenvalue weighted by Crippen LogP contribution is -2.44. The number of amides is 3. The van der Waals surface area contributed by atoms with E-state index in [1.807, 2.05) is 24.3 Å². The summed E-state index contributed by atoms with van der Waals surface area (Å²) in [7, 11) is 0. The molecule has 1 heterocycles. The number of nitrogens with two attached hydrogens (primary N) is 1. The van der Waals surface area contributed by atoms with Gasteiger partial charge in [0.05, 0.1) is 13.2 Å². The molecule has 0 unspecified atom stereocenters. The van der Waals surface area contributed by atoms with E-state index in [4.69, 9.17) is 10.5 Å². The molecule has 2 rings (SSSR count). The molecule has 21 heavy (non-hydrogen) atoms. The number of urea groups is 1. The lowest BCUT2D eigenvalue weighted by Gasteiger charge is -2.28. The Kier molecular flexibility index (Phi) is 4.99. The molecule has 1 saturated heterocycles. The third kappa shape index (κ3) is 4.35. The summed E-state index contributed by atoms with van der Waals surface area (Å²) in [6.45, 7) is 4.77. The van der Waals surface area contributed by atoms with Crippen LogP contribution in [0.4, 0.5) is 16.2 Å². The lowest BCUT2D eigenvalue weighted by atomic mass is 10.2. The Balaban J connectivity index is 1.92. The van der Waals surface area contributed by atoms with Gasteiger partial charge in [-0.2, -0.15) is 0 Å². The van der Waals surface area contributed by atoms with Gasteiger partial charge in [-0.1, -0.05) is 0 Å². The van der Waals surface area contributed by atoms with Gasteiger partial charge in [-0.05, 0) is 31.2 Å². The average molecular weight is 292 g/mol. The summed E-state index contributed by atoms with van der Waals surface area (Å²) < 4.78 is 5.31. The van der Waals surface area contributed by atoms with Crippen LogP contribution in [0.25, 0.3) is 0 Å². The van der Waals surface area contributed by atoms with Gasteiger partial charge in [-0.25, -0.2) is 4.79 Å². The Hall–Kier alpha value is -2.28. The number of nitrogens with one attached hydrogen (secondary N) is 2. The zero-order valence-corrected chi connectivity index (χ0v) is 12.0. The smallest absolute Gasteiger partial charge is 0.312 e. The first-order valence-corrected chi connectivity index (χ1v) is 6.86. The van der Waals surface area contributed by atoms with Crippen molar-refractivity contribution in [2.24, 2.45) is 5.73 Å². The minimum atomic E-state index is -0.722. The Morgan fingerprint density at radius 1 is 1.24 bits per heavy atom. The first-order chi connectivity index (χ1) is 10.1. The molecule has 1 aliphatic rings. The van der Waals surface area contributed by atoms with Gasteiger partial charge < -0.3 is 26.0 Å². The Bertz CT molecular complexity index is 497. The molecule has 0 bridgehead atoms. The highest BCUT2D eigenvalue weighted by Crippen LogP contribution is 2.19. The lowest BCUT2D eigenvalue weighted by molar-refractivity contribution is -0.117. The largest absolute Gasteiger partial charge is 0.378 e. The fourth-order valence-electron chi connectivity index (χ4n) is 2.11. The fraction of sp³-hybridized carbons (Fsp3) is 0.429. The number of benzene rings is 1. The summed E-state index contributed by atoms with van der Waals surface area (Å²) in [5.74, 6) is -0.312. The number of hydrogen-bond donors (Lipinski definition) is 3. The molecule has 3 amide bonds. The van der Waals surface area contributed by atoms with E-state index >= 15 is 0 Å². The van der Waals surface area contributed by atoms with Crippen molar-refractivity contribution >= 4 is 23.3 Å². The summed E-state index contributed by atoms with van der Waals surface area (Å²) in [6, 6.07) is 6.17. The first-order valence-electron chi connectivity index (χ1n) is 6.86. The summed E-state index contributed by atoms with van der Waals surface area (Å²) in [5, 5.41) is 5.06. The molecule has 1 aromatic carbocycles. The van der Waals surface area contributed by atoms with E-state index in [9.17, 15) is 9.59 Å². The molecule has 114 valence electrons. The van der Waals surface area contributed by atoms with Crippen molar-refractivity contribution in [3.63, 3.8) is 0 Å². The second-order valence-electron chi connectivity index (χ2n) is 4.87. The van der Waals surface area contributed by atoms with E-state index in [-0.39, 0.29) is 5.91 Å². The van der Waals surface area contributed by atoms with E-state index < -0.39 is 12.1 Å². The zero-order valence-electron chi connectivity index (χ0n) is 12.0. The zero-order chi connectivity index (χ0) is 15.2. The molecule has 1 aromatic rings. The number of nitrogens with zero attached hydrogens (tertiary/aromatic N) is 1. The van der Waals surface area contributed by atoms with Crippen molar-refractivity contribution in [3.8, 4) is 0 Å². The Morgan fingerprint density at radius 3 is 2.43 bits per heavy atom. The number of rotatable bonds is 4. The molecule has 7 heteroatoms. The number of morpholine rings is 1. The molecule has 7 nitrogen and oxygen atoms in total. The molecule has 0 spiro atoms. The van der Waals surface area contributed by atoms with Crippen LogP contribution in [0.15, 0.2) is 24.3 Å². The van der Waals surface area contributed by atoms with Crippen LogP contribution in [0.5, 0.6) is 0 Å². The molecule has 1 atom stereocenters. The van der Waals surface area contributed by atoms with Gasteiger partial charge >= 0.3 is 6.03 Å². The number of primary amides is 1. The van der Waals surface area contributed by atoms with E-state index in [0.29, 0.717) is 5.69 Å². The molecular weight excluding hydrogens is 272 g/mol. The van der Waals surface area contributed by atoms with Crippen LogP contribution in [-0.2, 0) is 9.53 Å². The van der Waals surface area contributed by atoms with Crippen LogP contribution >= 0.6 is 0 Å². The molecule has 0 aliphatic carbocycles.